The third-order valence-corrected chi connectivity index (χ3v) is 3.37. The van der Waals surface area contributed by atoms with E-state index < -0.39 is 17.8 Å². The highest BCUT2D eigenvalue weighted by atomic mass is 19.4. The Morgan fingerprint density at radius 1 is 1.04 bits per heavy atom. The zero-order valence-corrected chi connectivity index (χ0v) is 13.4. The van der Waals surface area contributed by atoms with Crippen molar-refractivity contribution in [1.29, 1.82) is 0 Å². The van der Waals surface area contributed by atoms with Gasteiger partial charge in [-0.05, 0) is 30.3 Å². The molecule has 0 saturated heterocycles. The molecule has 2 aromatic carbocycles. The largest absolute Gasteiger partial charge is 0.455 e. The third-order valence-electron chi connectivity index (χ3n) is 3.37. The molecule has 3 aromatic rings. The van der Waals surface area contributed by atoms with E-state index in [1.807, 2.05) is 18.2 Å². The van der Waals surface area contributed by atoms with Crippen LogP contribution in [0.25, 0.3) is 0 Å². The Morgan fingerprint density at radius 2 is 1.73 bits per heavy atom. The van der Waals surface area contributed by atoms with Crippen LogP contribution < -0.4 is 10.1 Å². The Kier molecular flexibility index (Phi) is 4.92. The van der Waals surface area contributed by atoms with Crippen molar-refractivity contribution < 1.29 is 22.7 Å². The van der Waals surface area contributed by atoms with Crippen molar-refractivity contribution in [2.45, 2.75) is 12.7 Å². The lowest BCUT2D eigenvalue weighted by atomic mass is 10.3. The summed E-state index contributed by atoms with van der Waals surface area (Å²) in [7, 11) is 0. The molecule has 0 radical (unpaired) electrons. The molecule has 1 heterocycles. The van der Waals surface area contributed by atoms with Crippen LogP contribution in [0.3, 0.4) is 0 Å². The second-order valence-electron chi connectivity index (χ2n) is 5.36. The van der Waals surface area contributed by atoms with E-state index in [9.17, 15) is 18.0 Å². The van der Waals surface area contributed by atoms with Crippen molar-refractivity contribution in [3.63, 3.8) is 0 Å². The minimum absolute atomic E-state index is 0.351. The lowest BCUT2D eigenvalue weighted by Crippen LogP contribution is -2.20. The molecular formula is C18H14F3N3O2. The van der Waals surface area contributed by atoms with Crippen LogP contribution in [0.2, 0.25) is 0 Å². The highest BCUT2D eigenvalue weighted by Crippen LogP contribution is 2.29. The second kappa shape index (κ2) is 7.30. The molecular weight excluding hydrogens is 347 g/mol. The summed E-state index contributed by atoms with van der Waals surface area (Å²) in [6.45, 7) is -0.351. The lowest BCUT2D eigenvalue weighted by Gasteiger charge is -2.12. The lowest BCUT2D eigenvalue weighted by molar-refractivity contribution is -0.141. The first kappa shape index (κ1) is 17.5. The molecule has 0 spiro atoms. The minimum atomic E-state index is -4.54. The van der Waals surface area contributed by atoms with Crippen LogP contribution >= 0.6 is 0 Å². The highest BCUT2D eigenvalue weighted by molar-refractivity contribution is 5.92. The summed E-state index contributed by atoms with van der Waals surface area (Å²) >= 11 is 0. The fraction of sp³-hybridized carbons (Fsp3) is 0.111. The van der Waals surface area contributed by atoms with Crippen LogP contribution in [0.4, 0.5) is 18.9 Å². The number of hydrogen-bond acceptors (Lipinski definition) is 3. The van der Waals surface area contributed by atoms with Gasteiger partial charge in [0.2, 0.25) is 5.91 Å². The van der Waals surface area contributed by atoms with E-state index in [-0.39, 0.29) is 6.54 Å². The summed E-state index contributed by atoms with van der Waals surface area (Å²) < 4.78 is 44.3. The van der Waals surface area contributed by atoms with Gasteiger partial charge in [-0.15, -0.1) is 0 Å². The number of alkyl halides is 3. The van der Waals surface area contributed by atoms with Gasteiger partial charge in [-0.2, -0.15) is 18.3 Å². The number of carbonyl (C=O) groups is 1. The van der Waals surface area contributed by atoms with Crippen molar-refractivity contribution in [1.82, 2.24) is 9.78 Å². The molecule has 8 heteroatoms. The number of benzene rings is 2. The maximum Gasteiger partial charge on any atom is 0.435 e. The van der Waals surface area contributed by atoms with Crippen LogP contribution in [-0.2, 0) is 17.5 Å². The van der Waals surface area contributed by atoms with Gasteiger partial charge in [0.15, 0.2) is 11.4 Å². The fourth-order valence-corrected chi connectivity index (χ4v) is 2.21. The molecule has 0 fully saturated rings. The molecule has 1 amide bonds. The van der Waals surface area contributed by atoms with Crippen LogP contribution in [0, 0.1) is 0 Å². The molecule has 3 rings (SSSR count). The maximum atomic E-state index is 12.6. The smallest absolute Gasteiger partial charge is 0.435 e. The Morgan fingerprint density at radius 3 is 2.42 bits per heavy atom. The van der Waals surface area contributed by atoms with Crippen molar-refractivity contribution in [2.24, 2.45) is 0 Å². The van der Waals surface area contributed by atoms with Crippen LogP contribution in [0.5, 0.6) is 11.5 Å². The fourth-order valence-electron chi connectivity index (χ4n) is 2.21. The third kappa shape index (κ3) is 4.41. The van der Waals surface area contributed by atoms with Gasteiger partial charge in [0.1, 0.15) is 12.3 Å². The number of hydrogen-bond donors (Lipinski definition) is 1. The van der Waals surface area contributed by atoms with Crippen molar-refractivity contribution in [2.75, 3.05) is 5.32 Å². The van der Waals surface area contributed by atoms with Crippen LogP contribution in [-0.4, -0.2) is 15.7 Å². The summed E-state index contributed by atoms with van der Waals surface area (Å²) in [5, 5.41) is 5.97. The Bertz CT molecular complexity index is 892. The number of ether oxygens (including phenoxy) is 1. The summed E-state index contributed by atoms with van der Waals surface area (Å²) in [5.41, 5.74) is -0.636. The molecule has 1 N–H and O–H groups in total. The van der Waals surface area contributed by atoms with Crippen LogP contribution in [0.1, 0.15) is 5.69 Å². The van der Waals surface area contributed by atoms with Crippen LogP contribution in [0.15, 0.2) is 66.9 Å². The first-order valence-electron chi connectivity index (χ1n) is 7.64. The standard InChI is InChI=1S/C18H14F3N3O2/c19-18(20,21)16-10-11-24(23-16)12-17(25)22-14-8-4-5-9-15(14)26-13-6-2-1-3-7-13/h1-11H,12H2,(H,22,25). The van der Waals surface area contributed by atoms with E-state index in [4.69, 9.17) is 4.74 Å². The van der Waals surface area contributed by atoms with Gasteiger partial charge < -0.3 is 10.1 Å². The van der Waals surface area contributed by atoms with E-state index in [0.717, 1.165) is 16.9 Å². The number of nitrogens with one attached hydrogen (secondary N) is 1. The monoisotopic (exact) mass is 361 g/mol. The molecule has 0 aliphatic carbocycles. The molecule has 0 unspecified atom stereocenters. The number of rotatable bonds is 5. The molecule has 0 atom stereocenters. The van der Waals surface area contributed by atoms with E-state index in [1.54, 1.807) is 36.4 Å². The number of anilines is 1. The summed E-state index contributed by atoms with van der Waals surface area (Å²) in [6, 6.07) is 16.6. The predicted molar refractivity (Wildman–Crippen MR) is 88.8 cm³/mol. The molecule has 0 aliphatic rings. The average Bonchev–Trinajstić information content (AvgIpc) is 3.06. The Labute approximate surface area is 147 Å². The number of carbonyl (C=O) groups excluding carboxylic acids is 1. The molecule has 0 saturated carbocycles. The Balaban J connectivity index is 1.69. The average molecular weight is 361 g/mol. The SMILES string of the molecule is O=C(Cn1ccc(C(F)(F)F)n1)Nc1ccccc1Oc1ccccc1. The summed E-state index contributed by atoms with van der Waals surface area (Å²) in [5.74, 6) is 0.491. The van der Waals surface area contributed by atoms with Gasteiger partial charge in [-0.1, -0.05) is 30.3 Å². The quantitative estimate of drug-likeness (QED) is 0.736. The maximum absolute atomic E-state index is 12.6. The molecule has 1 aromatic heterocycles. The highest BCUT2D eigenvalue weighted by Gasteiger charge is 2.33. The number of nitrogens with zero attached hydrogens (tertiary/aromatic N) is 2. The van der Waals surface area contributed by atoms with Gasteiger partial charge in [0.05, 0.1) is 5.69 Å². The molecule has 0 bridgehead atoms. The zero-order valence-electron chi connectivity index (χ0n) is 13.4. The molecule has 0 aliphatic heterocycles. The number of para-hydroxylation sites is 3. The first-order chi connectivity index (χ1) is 12.4. The van der Waals surface area contributed by atoms with Gasteiger partial charge >= 0.3 is 6.18 Å². The van der Waals surface area contributed by atoms with Gasteiger partial charge in [-0.3, -0.25) is 9.48 Å². The van der Waals surface area contributed by atoms with Crippen molar-refractivity contribution in [3.8, 4) is 11.5 Å². The van der Waals surface area contributed by atoms with Gasteiger partial charge in [-0.25, -0.2) is 0 Å². The topological polar surface area (TPSA) is 56.2 Å². The summed E-state index contributed by atoms with van der Waals surface area (Å²) in [6.07, 6.45) is -3.44. The number of amides is 1. The van der Waals surface area contributed by atoms with E-state index in [0.29, 0.717) is 17.2 Å². The summed E-state index contributed by atoms with van der Waals surface area (Å²) in [4.78, 5) is 12.1. The van der Waals surface area contributed by atoms with E-state index in [2.05, 4.69) is 10.4 Å². The molecule has 5 nitrogen and oxygen atoms in total. The predicted octanol–water partition coefficient (Wildman–Crippen LogP) is 4.33. The normalized spacial score (nSPS) is 11.2. The van der Waals surface area contributed by atoms with Gasteiger partial charge in [0, 0.05) is 6.20 Å². The van der Waals surface area contributed by atoms with E-state index in [1.165, 1.54) is 0 Å². The van der Waals surface area contributed by atoms with Gasteiger partial charge in [0.25, 0.3) is 0 Å². The van der Waals surface area contributed by atoms with E-state index >= 15 is 0 Å². The Hall–Kier alpha value is -3.29. The second-order valence-corrected chi connectivity index (χ2v) is 5.36. The molecule has 26 heavy (non-hydrogen) atoms. The minimum Gasteiger partial charge on any atom is -0.455 e. The molecule has 134 valence electrons. The number of aromatic nitrogens is 2. The number of halogens is 3. The van der Waals surface area contributed by atoms with Crippen molar-refractivity contribution in [3.05, 3.63) is 72.6 Å². The first-order valence-corrected chi connectivity index (χ1v) is 7.64. The zero-order chi connectivity index (χ0) is 18.6. The van der Waals surface area contributed by atoms with Crippen molar-refractivity contribution >= 4 is 11.6 Å².